The Morgan fingerprint density at radius 2 is 1.91 bits per heavy atom. The SMILES string of the molecule is COC(=O)C(C)Oc1ccc(N(C)c2ncc(Br)cc2Br)cc1. The maximum Gasteiger partial charge on any atom is 0.346 e. The predicted molar refractivity (Wildman–Crippen MR) is 96.2 cm³/mol. The van der Waals surface area contributed by atoms with E-state index < -0.39 is 12.1 Å². The van der Waals surface area contributed by atoms with Crippen molar-refractivity contribution in [2.45, 2.75) is 13.0 Å². The van der Waals surface area contributed by atoms with Crippen LogP contribution in [0.4, 0.5) is 11.5 Å². The molecule has 0 amide bonds. The van der Waals surface area contributed by atoms with Gasteiger partial charge in [-0.3, -0.25) is 0 Å². The summed E-state index contributed by atoms with van der Waals surface area (Å²) in [5.74, 6) is 0.988. The molecule has 0 N–H and O–H groups in total. The second-order valence-electron chi connectivity index (χ2n) is 4.80. The highest BCUT2D eigenvalue weighted by Crippen LogP contribution is 2.31. The zero-order valence-corrected chi connectivity index (χ0v) is 16.1. The third kappa shape index (κ3) is 4.45. The van der Waals surface area contributed by atoms with Crippen LogP contribution in [0.2, 0.25) is 0 Å². The van der Waals surface area contributed by atoms with E-state index in [0.29, 0.717) is 5.75 Å². The summed E-state index contributed by atoms with van der Waals surface area (Å²) in [6.45, 7) is 1.65. The lowest BCUT2D eigenvalue weighted by atomic mass is 10.2. The van der Waals surface area contributed by atoms with Crippen LogP contribution in [-0.4, -0.2) is 31.2 Å². The van der Waals surface area contributed by atoms with Crippen LogP contribution < -0.4 is 9.64 Å². The molecule has 122 valence electrons. The predicted octanol–water partition coefficient (Wildman–Crippen LogP) is 4.31. The fraction of sp³-hybridized carbons (Fsp3) is 0.250. The molecule has 0 spiro atoms. The molecule has 1 aromatic heterocycles. The largest absolute Gasteiger partial charge is 0.479 e. The van der Waals surface area contributed by atoms with Gasteiger partial charge in [0.2, 0.25) is 0 Å². The van der Waals surface area contributed by atoms with E-state index in [2.05, 4.69) is 41.6 Å². The summed E-state index contributed by atoms with van der Waals surface area (Å²) in [7, 11) is 3.26. The number of ether oxygens (including phenoxy) is 2. The first-order chi connectivity index (χ1) is 10.9. The molecule has 1 aromatic carbocycles. The standard InChI is InChI=1S/C16H16Br2N2O3/c1-10(16(21)22-3)23-13-6-4-12(5-7-13)20(2)15-14(18)8-11(17)9-19-15/h4-10H,1-3H3. The summed E-state index contributed by atoms with van der Waals surface area (Å²) in [6.07, 6.45) is 1.09. The zero-order valence-electron chi connectivity index (χ0n) is 12.9. The van der Waals surface area contributed by atoms with Crippen molar-refractivity contribution in [3.63, 3.8) is 0 Å². The Labute approximate surface area is 151 Å². The number of carbonyl (C=O) groups excluding carboxylic acids is 1. The molecule has 0 saturated carbocycles. The van der Waals surface area contributed by atoms with Crippen molar-refractivity contribution in [1.82, 2.24) is 4.98 Å². The molecule has 7 heteroatoms. The zero-order chi connectivity index (χ0) is 17.0. The molecule has 0 aliphatic heterocycles. The van der Waals surface area contributed by atoms with Crippen molar-refractivity contribution in [1.29, 1.82) is 0 Å². The van der Waals surface area contributed by atoms with E-state index in [1.807, 2.05) is 30.1 Å². The van der Waals surface area contributed by atoms with Gasteiger partial charge >= 0.3 is 5.97 Å². The topological polar surface area (TPSA) is 51.7 Å². The van der Waals surface area contributed by atoms with Crippen LogP contribution in [0.5, 0.6) is 5.75 Å². The summed E-state index contributed by atoms with van der Waals surface area (Å²) < 4.78 is 11.9. The maximum absolute atomic E-state index is 11.4. The highest BCUT2D eigenvalue weighted by molar-refractivity contribution is 9.11. The Bertz CT molecular complexity index is 692. The molecule has 0 bridgehead atoms. The second kappa shape index (κ2) is 7.79. The Morgan fingerprint density at radius 1 is 1.26 bits per heavy atom. The van der Waals surface area contributed by atoms with E-state index >= 15 is 0 Å². The van der Waals surface area contributed by atoms with Crippen LogP contribution in [0.3, 0.4) is 0 Å². The van der Waals surface area contributed by atoms with E-state index in [1.165, 1.54) is 7.11 Å². The van der Waals surface area contributed by atoms with Crippen molar-refractivity contribution >= 4 is 49.3 Å². The van der Waals surface area contributed by atoms with Gasteiger partial charge in [0.1, 0.15) is 11.6 Å². The molecule has 1 unspecified atom stereocenters. The van der Waals surface area contributed by atoms with Crippen molar-refractivity contribution < 1.29 is 14.3 Å². The average molecular weight is 444 g/mol. The average Bonchev–Trinajstić information content (AvgIpc) is 2.54. The van der Waals surface area contributed by atoms with Gasteiger partial charge in [0, 0.05) is 23.4 Å². The molecule has 0 aliphatic carbocycles. The molecule has 0 fully saturated rings. The first-order valence-electron chi connectivity index (χ1n) is 6.81. The van der Waals surface area contributed by atoms with Gasteiger partial charge < -0.3 is 14.4 Å². The van der Waals surface area contributed by atoms with E-state index in [-0.39, 0.29) is 0 Å². The van der Waals surface area contributed by atoms with E-state index in [9.17, 15) is 4.79 Å². The summed E-state index contributed by atoms with van der Waals surface area (Å²) in [6, 6.07) is 9.34. The minimum absolute atomic E-state index is 0.408. The molecule has 0 aliphatic rings. The number of esters is 1. The molecule has 5 nitrogen and oxygen atoms in total. The number of hydrogen-bond acceptors (Lipinski definition) is 5. The van der Waals surface area contributed by atoms with Crippen LogP contribution in [0.1, 0.15) is 6.92 Å². The number of benzene rings is 1. The van der Waals surface area contributed by atoms with Gasteiger partial charge in [-0.25, -0.2) is 9.78 Å². The second-order valence-corrected chi connectivity index (χ2v) is 6.57. The molecule has 2 rings (SSSR count). The maximum atomic E-state index is 11.4. The van der Waals surface area contributed by atoms with Gasteiger partial charge in [0.05, 0.1) is 11.6 Å². The normalized spacial score (nSPS) is 11.7. The summed E-state index contributed by atoms with van der Waals surface area (Å²) in [5, 5.41) is 0. The van der Waals surface area contributed by atoms with Crippen molar-refractivity contribution in [2.75, 3.05) is 19.1 Å². The lowest BCUT2D eigenvalue weighted by Crippen LogP contribution is -2.24. The smallest absolute Gasteiger partial charge is 0.346 e. The quantitative estimate of drug-likeness (QED) is 0.644. The summed E-state index contributed by atoms with van der Waals surface area (Å²) in [4.78, 5) is 17.7. The minimum atomic E-state index is -0.647. The molecule has 23 heavy (non-hydrogen) atoms. The monoisotopic (exact) mass is 442 g/mol. The number of nitrogens with zero attached hydrogens (tertiary/aromatic N) is 2. The Morgan fingerprint density at radius 3 is 2.48 bits per heavy atom. The molecular weight excluding hydrogens is 428 g/mol. The number of methoxy groups -OCH3 is 1. The number of hydrogen-bond donors (Lipinski definition) is 0. The van der Waals surface area contributed by atoms with Crippen LogP contribution >= 0.6 is 31.9 Å². The number of rotatable bonds is 5. The number of anilines is 2. The van der Waals surface area contributed by atoms with Gasteiger partial charge in [-0.15, -0.1) is 0 Å². The van der Waals surface area contributed by atoms with Gasteiger partial charge in [-0.1, -0.05) is 0 Å². The summed E-state index contributed by atoms with van der Waals surface area (Å²) >= 11 is 6.89. The van der Waals surface area contributed by atoms with Gasteiger partial charge in [0.15, 0.2) is 6.10 Å². The third-order valence-corrected chi connectivity index (χ3v) is 4.19. The molecule has 0 saturated heterocycles. The lowest BCUT2D eigenvalue weighted by Gasteiger charge is -2.20. The molecule has 2 aromatic rings. The van der Waals surface area contributed by atoms with E-state index in [0.717, 1.165) is 20.5 Å². The molecule has 0 radical (unpaired) electrons. The molecular formula is C16H16Br2N2O3. The van der Waals surface area contributed by atoms with Crippen molar-refractivity contribution in [2.24, 2.45) is 0 Å². The lowest BCUT2D eigenvalue weighted by molar-refractivity contribution is -0.147. The number of pyridine rings is 1. The van der Waals surface area contributed by atoms with E-state index in [4.69, 9.17) is 4.74 Å². The van der Waals surface area contributed by atoms with E-state index in [1.54, 1.807) is 25.3 Å². The van der Waals surface area contributed by atoms with Gasteiger partial charge in [-0.2, -0.15) is 0 Å². The number of aromatic nitrogens is 1. The Hall–Kier alpha value is -1.60. The fourth-order valence-corrected chi connectivity index (χ4v) is 3.20. The van der Waals surface area contributed by atoms with Crippen LogP contribution in [0, 0.1) is 0 Å². The fourth-order valence-electron chi connectivity index (χ4n) is 1.94. The van der Waals surface area contributed by atoms with Crippen LogP contribution in [0.15, 0.2) is 45.5 Å². The highest BCUT2D eigenvalue weighted by atomic mass is 79.9. The minimum Gasteiger partial charge on any atom is -0.479 e. The molecule has 1 atom stereocenters. The Balaban J connectivity index is 2.14. The van der Waals surface area contributed by atoms with Crippen LogP contribution in [-0.2, 0) is 9.53 Å². The highest BCUT2D eigenvalue weighted by Gasteiger charge is 2.15. The third-order valence-electron chi connectivity index (χ3n) is 3.18. The summed E-state index contributed by atoms with van der Waals surface area (Å²) in [5.41, 5.74) is 0.943. The van der Waals surface area contributed by atoms with Crippen molar-refractivity contribution in [3.8, 4) is 5.75 Å². The number of halogens is 2. The Kier molecular flexibility index (Phi) is 6.01. The van der Waals surface area contributed by atoms with Gasteiger partial charge in [-0.05, 0) is 69.1 Å². The van der Waals surface area contributed by atoms with Gasteiger partial charge in [0.25, 0.3) is 0 Å². The van der Waals surface area contributed by atoms with Crippen LogP contribution in [0.25, 0.3) is 0 Å². The first-order valence-corrected chi connectivity index (χ1v) is 8.40. The van der Waals surface area contributed by atoms with Crippen molar-refractivity contribution in [3.05, 3.63) is 45.5 Å². The molecule has 1 heterocycles. The number of carbonyl (C=O) groups is 1. The first kappa shape index (κ1) is 17.7.